The van der Waals surface area contributed by atoms with E-state index in [4.69, 9.17) is 23.8 Å². The molecule has 1 aliphatic rings. The van der Waals surface area contributed by atoms with E-state index in [0.717, 1.165) is 17.1 Å². The lowest BCUT2D eigenvalue weighted by atomic mass is 10.0. The fraction of sp³-hybridized carbons (Fsp3) is 0.158. The molecule has 2 atom stereocenters. The maximum absolute atomic E-state index is 10.4. The Morgan fingerprint density at radius 3 is 2.73 bits per heavy atom. The van der Waals surface area contributed by atoms with Crippen LogP contribution >= 0.6 is 23.8 Å². The Labute approximate surface area is 161 Å². The smallest absolute Gasteiger partial charge is 0.174 e. The fourth-order valence-corrected chi connectivity index (χ4v) is 3.82. The first kappa shape index (κ1) is 16.9. The molecule has 0 aliphatic carbocycles. The van der Waals surface area contributed by atoms with Crippen molar-refractivity contribution in [1.29, 1.82) is 0 Å². The van der Waals surface area contributed by atoms with E-state index in [1.165, 1.54) is 0 Å². The summed E-state index contributed by atoms with van der Waals surface area (Å²) in [6.45, 7) is 2.00. The molecule has 3 heterocycles. The van der Waals surface area contributed by atoms with Gasteiger partial charge in [0.2, 0.25) is 0 Å². The van der Waals surface area contributed by atoms with Crippen LogP contribution in [-0.2, 0) is 0 Å². The number of nitrogens with zero attached hydrogens (tertiary/aromatic N) is 2. The Kier molecular flexibility index (Phi) is 4.30. The molecule has 5 nitrogen and oxygen atoms in total. The quantitative estimate of drug-likeness (QED) is 0.589. The molecule has 0 amide bonds. The van der Waals surface area contributed by atoms with E-state index in [0.29, 0.717) is 15.8 Å². The first-order valence-corrected chi connectivity index (χ1v) is 8.98. The van der Waals surface area contributed by atoms with E-state index in [1.54, 1.807) is 24.4 Å². The minimum atomic E-state index is -0.199. The number of pyridine rings is 1. The molecule has 1 aliphatic heterocycles. The van der Waals surface area contributed by atoms with E-state index < -0.39 is 0 Å². The third kappa shape index (κ3) is 2.91. The van der Waals surface area contributed by atoms with Crippen LogP contribution in [0.4, 0.5) is 5.69 Å². The zero-order valence-electron chi connectivity index (χ0n) is 14.0. The number of anilines is 1. The van der Waals surface area contributed by atoms with Crippen LogP contribution in [0.1, 0.15) is 29.2 Å². The number of rotatable bonds is 3. The number of nitrogens with one attached hydrogen (secondary N) is 2. The highest BCUT2D eigenvalue weighted by molar-refractivity contribution is 7.80. The predicted octanol–water partition coefficient (Wildman–Crippen LogP) is 4.25. The first-order valence-electron chi connectivity index (χ1n) is 8.19. The second-order valence-electron chi connectivity index (χ2n) is 6.23. The van der Waals surface area contributed by atoms with Gasteiger partial charge >= 0.3 is 0 Å². The highest BCUT2D eigenvalue weighted by Gasteiger charge is 2.42. The van der Waals surface area contributed by atoms with Crippen molar-refractivity contribution in [1.82, 2.24) is 15.3 Å². The van der Waals surface area contributed by atoms with E-state index in [2.05, 4.69) is 15.3 Å². The Morgan fingerprint density at radius 1 is 1.19 bits per heavy atom. The van der Waals surface area contributed by atoms with Crippen LogP contribution in [0.5, 0.6) is 5.75 Å². The lowest BCUT2D eigenvalue weighted by Crippen LogP contribution is -2.29. The number of phenols is 1. The van der Waals surface area contributed by atoms with E-state index in [1.807, 2.05) is 42.2 Å². The number of hydrogen-bond acceptors (Lipinski definition) is 3. The molecule has 132 valence electrons. The van der Waals surface area contributed by atoms with Crippen molar-refractivity contribution in [3.63, 3.8) is 0 Å². The van der Waals surface area contributed by atoms with E-state index in [-0.39, 0.29) is 17.8 Å². The van der Waals surface area contributed by atoms with Gasteiger partial charge in [0.1, 0.15) is 11.8 Å². The molecule has 0 spiro atoms. The molecule has 2 aromatic heterocycles. The number of halogens is 1. The first-order chi connectivity index (χ1) is 12.5. The number of aryl methyl sites for hydroxylation is 1. The van der Waals surface area contributed by atoms with Crippen molar-refractivity contribution in [3.05, 3.63) is 76.8 Å². The van der Waals surface area contributed by atoms with Crippen molar-refractivity contribution in [2.75, 3.05) is 4.90 Å². The summed E-state index contributed by atoms with van der Waals surface area (Å²) in [5.74, 6) is 0.119. The molecule has 3 aromatic rings. The monoisotopic (exact) mass is 384 g/mol. The summed E-state index contributed by atoms with van der Waals surface area (Å²) < 4.78 is 0. The van der Waals surface area contributed by atoms with Crippen molar-refractivity contribution in [2.24, 2.45) is 0 Å². The van der Waals surface area contributed by atoms with Gasteiger partial charge in [-0.05, 0) is 61.6 Å². The van der Waals surface area contributed by atoms with Crippen LogP contribution in [0.3, 0.4) is 0 Å². The molecule has 3 N–H and O–H groups in total. The SMILES string of the molecule is Cc1ccc([C@H]2[C@@H](c3ccccn3)NC(=S)N2c2cc(Cl)ccc2O)[nH]1. The Hall–Kier alpha value is -2.57. The second-order valence-corrected chi connectivity index (χ2v) is 7.05. The zero-order chi connectivity index (χ0) is 18.3. The number of phenolic OH excluding ortho intramolecular Hbond substituents is 1. The molecule has 0 saturated carbocycles. The average Bonchev–Trinajstić information content (AvgIpc) is 3.21. The summed E-state index contributed by atoms with van der Waals surface area (Å²) >= 11 is 11.8. The number of H-pyrrole nitrogens is 1. The van der Waals surface area contributed by atoms with Gasteiger partial charge in [-0.2, -0.15) is 0 Å². The molecular formula is C19H17ClN4OS. The Morgan fingerprint density at radius 2 is 2.04 bits per heavy atom. The average molecular weight is 385 g/mol. The molecule has 0 bridgehead atoms. The van der Waals surface area contributed by atoms with Gasteiger partial charge in [0, 0.05) is 22.6 Å². The van der Waals surface area contributed by atoms with Gasteiger partial charge in [0.15, 0.2) is 5.11 Å². The molecular weight excluding hydrogens is 368 g/mol. The van der Waals surface area contributed by atoms with Gasteiger partial charge in [0.25, 0.3) is 0 Å². The molecule has 26 heavy (non-hydrogen) atoms. The van der Waals surface area contributed by atoms with E-state index >= 15 is 0 Å². The number of aromatic amines is 1. The van der Waals surface area contributed by atoms with Crippen LogP contribution in [0, 0.1) is 6.92 Å². The standard InChI is InChI=1S/C19H17ClN4OS/c1-11-5-7-14(22-11)18-17(13-4-2-3-9-21-13)23-19(26)24(18)15-10-12(20)6-8-16(15)25/h2-10,17-18,22,25H,1H3,(H,23,26)/t17-,18+/m1/s1. The van der Waals surface area contributed by atoms with Gasteiger partial charge < -0.3 is 20.3 Å². The number of aromatic hydroxyl groups is 1. The normalized spacial score (nSPS) is 19.6. The highest BCUT2D eigenvalue weighted by Crippen LogP contribution is 2.44. The predicted molar refractivity (Wildman–Crippen MR) is 107 cm³/mol. The molecule has 1 aromatic carbocycles. The molecule has 1 fully saturated rings. The van der Waals surface area contributed by atoms with Gasteiger partial charge in [-0.15, -0.1) is 0 Å². The summed E-state index contributed by atoms with van der Waals surface area (Å²) in [5, 5.41) is 14.8. The van der Waals surface area contributed by atoms with Crippen molar-refractivity contribution in [3.8, 4) is 5.75 Å². The van der Waals surface area contributed by atoms with Gasteiger partial charge in [-0.1, -0.05) is 17.7 Å². The lowest BCUT2D eigenvalue weighted by molar-refractivity contribution is 0.472. The fourth-order valence-electron chi connectivity index (χ4n) is 3.32. The minimum absolute atomic E-state index is 0.119. The Bertz CT molecular complexity index is 959. The Balaban J connectivity index is 1.86. The third-order valence-corrected chi connectivity index (χ3v) is 5.02. The van der Waals surface area contributed by atoms with Gasteiger partial charge in [0.05, 0.1) is 17.4 Å². The van der Waals surface area contributed by atoms with Crippen LogP contribution in [0.25, 0.3) is 0 Å². The van der Waals surface area contributed by atoms with Crippen molar-refractivity contribution >= 4 is 34.6 Å². The maximum Gasteiger partial charge on any atom is 0.174 e. The second kappa shape index (κ2) is 6.63. The summed E-state index contributed by atoms with van der Waals surface area (Å²) in [4.78, 5) is 9.77. The molecule has 0 unspecified atom stereocenters. The molecule has 1 saturated heterocycles. The van der Waals surface area contributed by atoms with Crippen LogP contribution < -0.4 is 10.2 Å². The van der Waals surface area contributed by atoms with E-state index in [9.17, 15) is 5.11 Å². The van der Waals surface area contributed by atoms with Crippen LogP contribution in [0.15, 0.2) is 54.7 Å². The van der Waals surface area contributed by atoms with Gasteiger partial charge in [-0.3, -0.25) is 4.98 Å². The van der Waals surface area contributed by atoms with Crippen molar-refractivity contribution < 1.29 is 5.11 Å². The summed E-state index contributed by atoms with van der Waals surface area (Å²) in [6.07, 6.45) is 1.76. The number of benzene rings is 1. The van der Waals surface area contributed by atoms with Gasteiger partial charge in [-0.25, -0.2) is 0 Å². The maximum atomic E-state index is 10.4. The number of hydrogen-bond donors (Lipinski definition) is 3. The number of aromatic nitrogens is 2. The highest BCUT2D eigenvalue weighted by atomic mass is 35.5. The summed E-state index contributed by atoms with van der Waals surface area (Å²) in [7, 11) is 0. The molecule has 4 rings (SSSR count). The van der Waals surface area contributed by atoms with Crippen LogP contribution in [0.2, 0.25) is 5.02 Å². The molecule has 7 heteroatoms. The topological polar surface area (TPSA) is 64.2 Å². The zero-order valence-corrected chi connectivity index (χ0v) is 15.6. The summed E-state index contributed by atoms with van der Waals surface area (Å²) in [5.41, 5.74) is 3.46. The largest absolute Gasteiger partial charge is 0.506 e. The minimum Gasteiger partial charge on any atom is -0.506 e. The third-order valence-electron chi connectivity index (χ3n) is 4.47. The molecule has 0 radical (unpaired) electrons. The van der Waals surface area contributed by atoms with Crippen LogP contribution in [-0.4, -0.2) is 20.2 Å². The lowest BCUT2D eigenvalue weighted by Gasteiger charge is -2.27. The number of thiocarbonyl (C=S) groups is 1. The summed E-state index contributed by atoms with van der Waals surface area (Å²) in [6, 6.07) is 14.4. The van der Waals surface area contributed by atoms with Crippen molar-refractivity contribution in [2.45, 2.75) is 19.0 Å².